The number of hydrogen-bond acceptors (Lipinski definition) is 4. The number of nitrogens with zero attached hydrogens (tertiary/aromatic N) is 3. The SMILES string of the molecule is CC(C)CNc1nc(Br)cn2cc(CO)nc12. The van der Waals surface area contributed by atoms with Gasteiger partial charge in [-0.05, 0) is 21.8 Å². The van der Waals surface area contributed by atoms with E-state index in [1.807, 2.05) is 10.6 Å². The highest BCUT2D eigenvalue weighted by Crippen LogP contribution is 2.18. The third-order valence-corrected chi connectivity index (χ3v) is 2.68. The molecule has 0 aliphatic rings. The molecule has 2 aromatic heterocycles. The number of imidazole rings is 1. The summed E-state index contributed by atoms with van der Waals surface area (Å²) in [5, 5.41) is 12.3. The number of halogens is 1. The molecule has 0 aliphatic carbocycles. The number of aliphatic hydroxyl groups is 1. The normalized spacial score (nSPS) is 11.4. The van der Waals surface area contributed by atoms with Crippen LogP contribution in [0.3, 0.4) is 0 Å². The standard InChI is InChI=1S/C11H15BrN4O/c1-7(2)3-13-10-11-14-8(6-17)4-16(11)5-9(12)15-10/h4-5,7,17H,3,6H2,1-2H3,(H,13,15). The first kappa shape index (κ1) is 12.3. The number of fused-ring (bicyclic) bond motifs is 1. The van der Waals surface area contributed by atoms with E-state index in [2.05, 4.69) is 45.1 Å². The topological polar surface area (TPSA) is 62.5 Å². The summed E-state index contributed by atoms with van der Waals surface area (Å²) in [7, 11) is 0. The second kappa shape index (κ2) is 5.01. The van der Waals surface area contributed by atoms with Crippen molar-refractivity contribution in [2.45, 2.75) is 20.5 Å². The van der Waals surface area contributed by atoms with Gasteiger partial charge in [0, 0.05) is 18.9 Å². The average molecular weight is 299 g/mol. The van der Waals surface area contributed by atoms with Crippen molar-refractivity contribution in [3.05, 3.63) is 22.7 Å². The van der Waals surface area contributed by atoms with Crippen LogP contribution >= 0.6 is 15.9 Å². The Morgan fingerprint density at radius 3 is 2.82 bits per heavy atom. The van der Waals surface area contributed by atoms with E-state index in [-0.39, 0.29) is 6.61 Å². The molecule has 6 heteroatoms. The fraction of sp³-hybridized carbons (Fsp3) is 0.455. The minimum Gasteiger partial charge on any atom is -0.390 e. The van der Waals surface area contributed by atoms with Crippen LogP contribution in [0.2, 0.25) is 0 Å². The third kappa shape index (κ3) is 2.76. The van der Waals surface area contributed by atoms with Crippen LogP contribution in [0.15, 0.2) is 17.0 Å². The summed E-state index contributed by atoms with van der Waals surface area (Å²) in [6.45, 7) is 5.03. The first-order valence-electron chi connectivity index (χ1n) is 5.49. The number of nitrogens with one attached hydrogen (secondary N) is 1. The summed E-state index contributed by atoms with van der Waals surface area (Å²) in [5.41, 5.74) is 1.37. The number of aromatic nitrogens is 3. The molecule has 0 radical (unpaired) electrons. The molecular weight excluding hydrogens is 284 g/mol. The van der Waals surface area contributed by atoms with Crippen molar-refractivity contribution in [1.82, 2.24) is 14.4 Å². The smallest absolute Gasteiger partial charge is 0.180 e. The summed E-state index contributed by atoms with van der Waals surface area (Å²) >= 11 is 3.36. The van der Waals surface area contributed by atoms with E-state index in [0.29, 0.717) is 11.6 Å². The van der Waals surface area contributed by atoms with E-state index in [1.165, 1.54) is 0 Å². The predicted molar refractivity (Wildman–Crippen MR) is 69.9 cm³/mol. The summed E-state index contributed by atoms with van der Waals surface area (Å²) in [6, 6.07) is 0. The van der Waals surface area contributed by atoms with Gasteiger partial charge in [0.1, 0.15) is 4.60 Å². The molecule has 0 saturated carbocycles. The summed E-state index contributed by atoms with van der Waals surface area (Å²) in [4.78, 5) is 8.68. The average Bonchev–Trinajstić information content (AvgIpc) is 2.68. The molecule has 5 nitrogen and oxygen atoms in total. The molecule has 0 bridgehead atoms. The number of aliphatic hydroxyl groups excluding tert-OH is 1. The molecule has 2 heterocycles. The maximum Gasteiger partial charge on any atom is 0.180 e. The van der Waals surface area contributed by atoms with Crippen molar-refractivity contribution < 1.29 is 5.11 Å². The lowest BCUT2D eigenvalue weighted by atomic mass is 10.2. The maximum atomic E-state index is 9.09. The summed E-state index contributed by atoms with van der Waals surface area (Å²) < 4.78 is 2.59. The zero-order valence-electron chi connectivity index (χ0n) is 9.81. The van der Waals surface area contributed by atoms with Crippen molar-refractivity contribution in [3.63, 3.8) is 0 Å². The molecule has 0 aromatic carbocycles. The molecule has 0 spiro atoms. The number of anilines is 1. The fourth-order valence-corrected chi connectivity index (χ4v) is 1.91. The van der Waals surface area contributed by atoms with Crippen molar-refractivity contribution in [2.24, 2.45) is 5.92 Å². The van der Waals surface area contributed by atoms with Crippen LogP contribution in [0.4, 0.5) is 5.82 Å². The van der Waals surface area contributed by atoms with Gasteiger partial charge in [-0.25, -0.2) is 9.97 Å². The Hall–Kier alpha value is -1.14. The summed E-state index contributed by atoms with van der Waals surface area (Å²) in [5.74, 6) is 1.26. The Bertz CT molecular complexity index is 523. The van der Waals surface area contributed by atoms with Gasteiger partial charge in [-0.3, -0.25) is 0 Å². The molecule has 0 fully saturated rings. The molecule has 2 aromatic rings. The quantitative estimate of drug-likeness (QED) is 0.907. The van der Waals surface area contributed by atoms with E-state index in [9.17, 15) is 0 Å². The van der Waals surface area contributed by atoms with Gasteiger partial charge in [0.05, 0.1) is 12.3 Å². The van der Waals surface area contributed by atoms with Gasteiger partial charge < -0.3 is 14.8 Å². The van der Waals surface area contributed by atoms with Gasteiger partial charge in [0.15, 0.2) is 11.5 Å². The fourth-order valence-electron chi connectivity index (χ4n) is 1.51. The molecule has 0 saturated heterocycles. The van der Waals surface area contributed by atoms with Crippen molar-refractivity contribution in [2.75, 3.05) is 11.9 Å². The lowest BCUT2D eigenvalue weighted by molar-refractivity contribution is 0.277. The Morgan fingerprint density at radius 1 is 1.41 bits per heavy atom. The van der Waals surface area contributed by atoms with Crippen LogP contribution in [0.5, 0.6) is 0 Å². The van der Waals surface area contributed by atoms with E-state index in [1.54, 1.807) is 6.20 Å². The summed E-state index contributed by atoms with van der Waals surface area (Å²) in [6.07, 6.45) is 3.62. The van der Waals surface area contributed by atoms with E-state index in [0.717, 1.165) is 22.6 Å². The van der Waals surface area contributed by atoms with Crippen LogP contribution in [0, 0.1) is 5.92 Å². The zero-order valence-corrected chi connectivity index (χ0v) is 11.4. The van der Waals surface area contributed by atoms with Crippen molar-refractivity contribution in [3.8, 4) is 0 Å². The highest BCUT2D eigenvalue weighted by atomic mass is 79.9. The molecular formula is C11H15BrN4O. The Labute approximate surface area is 108 Å². The minimum absolute atomic E-state index is 0.0665. The maximum absolute atomic E-state index is 9.09. The lowest BCUT2D eigenvalue weighted by Gasteiger charge is -2.09. The van der Waals surface area contributed by atoms with Gasteiger partial charge in [-0.2, -0.15) is 0 Å². The molecule has 0 unspecified atom stereocenters. The van der Waals surface area contributed by atoms with Crippen molar-refractivity contribution in [1.29, 1.82) is 0 Å². The van der Waals surface area contributed by atoms with Gasteiger partial charge in [-0.1, -0.05) is 13.8 Å². The first-order valence-corrected chi connectivity index (χ1v) is 6.28. The van der Waals surface area contributed by atoms with Gasteiger partial charge >= 0.3 is 0 Å². The van der Waals surface area contributed by atoms with E-state index < -0.39 is 0 Å². The lowest BCUT2D eigenvalue weighted by Crippen LogP contribution is -2.10. The first-order chi connectivity index (χ1) is 8.10. The van der Waals surface area contributed by atoms with Crippen LogP contribution in [-0.2, 0) is 6.61 Å². The van der Waals surface area contributed by atoms with Crippen LogP contribution in [0.25, 0.3) is 5.65 Å². The molecule has 0 amide bonds. The Morgan fingerprint density at radius 2 is 2.18 bits per heavy atom. The predicted octanol–water partition coefficient (Wildman–Crippen LogP) is 2.05. The number of rotatable bonds is 4. The van der Waals surface area contributed by atoms with Gasteiger partial charge in [0.2, 0.25) is 0 Å². The zero-order chi connectivity index (χ0) is 12.4. The second-order valence-corrected chi connectivity index (χ2v) is 5.12. The van der Waals surface area contributed by atoms with Crippen LogP contribution in [-0.4, -0.2) is 26.0 Å². The number of hydrogen-bond donors (Lipinski definition) is 2. The largest absolute Gasteiger partial charge is 0.390 e. The van der Waals surface area contributed by atoms with Gasteiger partial charge in [0.25, 0.3) is 0 Å². The molecule has 2 N–H and O–H groups in total. The highest BCUT2D eigenvalue weighted by Gasteiger charge is 2.09. The molecule has 2 rings (SSSR count). The molecule has 92 valence electrons. The van der Waals surface area contributed by atoms with E-state index in [4.69, 9.17) is 5.11 Å². The monoisotopic (exact) mass is 298 g/mol. The molecule has 0 atom stereocenters. The van der Waals surface area contributed by atoms with Gasteiger partial charge in [-0.15, -0.1) is 0 Å². The Kier molecular flexibility index (Phi) is 3.63. The van der Waals surface area contributed by atoms with Crippen LogP contribution in [0.1, 0.15) is 19.5 Å². The second-order valence-electron chi connectivity index (χ2n) is 4.31. The van der Waals surface area contributed by atoms with Crippen LogP contribution < -0.4 is 5.32 Å². The molecule has 17 heavy (non-hydrogen) atoms. The molecule has 0 aliphatic heterocycles. The third-order valence-electron chi connectivity index (χ3n) is 2.30. The Balaban J connectivity index is 2.41. The highest BCUT2D eigenvalue weighted by molar-refractivity contribution is 9.10. The van der Waals surface area contributed by atoms with Crippen molar-refractivity contribution >= 4 is 27.4 Å². The minimum atomic E-state index is -0.0665. The van der Waals surface area contributed by atoms with E-state index >= 15 is 0 Å².